The Bertz CT molecular complexity index is 686. The summed E-state index contributed by atoms with van der Waals surface area (Å²) >= 11 is 0. The van der Waals surface area contributed by atoms with Gasteiger partial charge < -0.3 is 14.2 Å². The SMILES string of the molecule is CS(=O)(=O)N(CCN1CCCCC1)C1CCCN(C(=O)c2cnco2)C1. The maximum atomic E-state index is 12.5. The van der Waals surface area contributed by atoms with Gasteiger partial charge in [0.2, 0.25) is 15.8 Å². The first kappa shape index (κ1) is 19.3. The van der Waals surface area contributed by atoms with Crippen LogP contribution < -0.4 is 0 Å². The Kier molecular flexibility index (Phi) is 6.31. The fourth-order valence-electron chi connectivity index (χ4n) is 3.89. The quantitative estimate of drug-likeness (QED) is 0.728. The number of carbonyl (C=O) groups excluding carboxylic acids is 1. The van der Waals surface area contributed by atoms with Crippen molar-refractivity contribution in [3.8, 4) is 0 Å². The molecule has 0 N–H and O–H groups in total. The van der Waals surface area contributed by atoms with Gasteiger partial charge in [-0.05, 0) is 38.8 Å². The molecule has 3 heterocycles. The van der Waals surface area contributed by atoms with Gasteiger partial charge in [0, 0.05) is 32.2 Å². The third-order valence-electron chi connectivity index (χ3n) is 5.25. The van der Waals surface area contributed by atoms with E-state index in [0.717, 1.165) is 32.5 Å². The number of sulfonamides is 1. The zero-order valence-electron chi connectivity index (χ0n) is 15.3. The highest BCUT2D eigenvalue weighted by molar-refractivity contribution is 7.88. The standard InChI is InChI=1S/C17H28N4O4S/c1-26(23,24)21(11-10-19-7-3-2-4-8-19)15-6-5-9-20(13-15)17(22)16-12-18-14-25-16/h12,14-15H,2-11,13H2,1H3. The molecule has 0 spiro atoms. The average molecular weight is 385 g/mol. The summed E-state index contributed by atoms with van der Waals surface area (Å²) in [5.74, 6) is -0.0263. The third kappa shape index (κ3) is 4.83. The fraction of sp³-hybridized carbons (Fsp3) is 0.765. The Morgan fingerprint density at radius 3 is 2.69 bits per heavy atom. The van der Waals surface area contributed by atoms with Crippen LogP contribution in [-0.2, 0) is 10.0 Å². The van der Waals surface area contributed by atoms with Crippen molar-refractivity contribution < 1.29 is 17.6 Å². The Morgan fingerprint density at radius 1 is 1.27 bits per heavy atom. The minimum atomic E-state index is -3.34. The molecule has 0 aromatic carbocycles. The van der Waals surface area contributed by atoms with E-state index in [0.29, 0.717) is 19.6 Å². The maximum absolute atomic E-state index is 12.5. The van der Waals surface area contributed by atoms with Crippen LogP contribution >= 0.6 is 0 Å². The molecule has 0 radical (unpaired) electrons. The highest BCUT2D eigenvalue weighted by Gasteiger charge is 2.33. The van der Waals surface area contributed by atoms with Crippen LogP contribution in [0.4, 0.5) is 0 Å². The number of nitrogens with zero attached hydrogens (tertiary/aromatic N) is 4. The molecule has 2 fully saturated rings. The van der Waals surface area contributed by atoms with E-state index in [1.54, 1.807) is 9.21 Å². The van der Waals surface area contributed by atoms with Gasteiger partial charge >= 0.3 is 0 Å². The number of hydrogen-bond acceptors (Lipinski definition) is 6. The van der Waals surface area contributed by atoms with Crippen molar-refractivity contribution in [1.82, 2.24) is 19.1 Å². The summed E-state index contributed by atoms with van der Waals surface area (Å²) in [6.45, 7) is 4.32. The summed E-state index contributed by atoms with van der Waals surface area (Å²) in [7, 11) is -3.34. The Labute approximate surface area is 155 Å². The normalized spacial score (nSPS) is 22.7. The highest BCUT2D eigenvalue weighted by atomic mass is 32.2. The van der Waals surface area contributed by atoms with E-state index in [1.807, 2.05) is 0 Å². The second-order valence-corrected chi connectivity index (χ2v) is 9.12. The molecule has 2 saturated heterocycles. The lowest BCUT2D eigenvalue weighted by Gasteiger charge is -2.38. The molecule has 8 nitrogen and oxygen atoms in total. The Balaban J connectivity index is 1.64. The van der Waals surface area contributed by atoms with Gasteiger partial charge in [-0.1, -0.05) is 6.42 Å². The van der Waals surface area contributed by atoms with Crippen molar-refractivity contribution >= 4 is 15.9 Å². The molecule has 0 bridgehead atoms. The van der Waals surface area contributed by atoms with Crippen LogP contribution in [0.2, 0.25) is 0 Å². The molecule has 1 amide bonds. The van der Waals surface area contributed by atoms with Gasteiger partial charge in [-0.25, -0.2) is 13.4 Å². The molecule has 1 atom stereocenters. The molecular weight excluding hydrogens is 356 g/mol. The summed E-state index contributed by atoms with van der Waals surface area (Å²) in [6, 6.07) is -0.185. The van der Waals surface area contributed by atoms with Gasteiger partial charge in [0.25, 0.3) is 5.91 Å². The van der Waals surface area contributed by atoms with Crippen molar-refractivity contribution in [1.29, 1.82) is 0 Å². The molecule has 9 heteroatoms. The van der Waals surface area contributed by atoms with Crippen molar-refractivity contribution in [2.75, 3.05) is 45.5 Å². The van der Waals surface area contributed by atoms with E-state index in [4.69, 9.17) is 4.42 Å². The molecule has 2 aliphatic rings. The molecule has 3 rings (SSSR count). The summed E-state index contributed by atoms with van der Waals surface area (Å²) in [5, 5.41) is 0. The van der Waals surface area contributed by atoms with Crippen LogP contribution in [0.5, 0.6) is 0 Å². The summed E-state index contributed by atoms with van der Waals surface area (Å²) in [5.41, 5.74) is 0. The van der Waals surface area contributed by atoms with Gasteiger partial charge in [0.15, 0.2) is 6.39 Å². The number of carbonyl (C=O) groups is 1. The number of piperidine rings is 2. The number of likely N-dealkylation sites (tertiary alicyclic amines) is 2. The predicted octanol–water partition coefficient (Wildman–Crippen LogP) is 1.03. The van der Waals surface area contributed by atoms with Gasteiger partial charge in [-0.15, -0.1) is 0 Å². The minimum absolute atomic E-state index is 0.185. The first-order chi connectivity index (χ1) is 12.4. The second kappa shape index (κ2) is 8.49. The lowest BCUT2D eigenvalue weighted by Crippen LogP contribution is -2.53. The van der Waals surface area contributed by atoms with E-state index in [2.05, 4.69) is 9.88 Å². The third-order valence-corrected chi connectivity index (χ3v) is 6.58. The second-order valence-electron chi connectivity index (χ2n) is 7.19. The molecule has 1 unspecified atom stereocenters. The highest BCUT2D eigenvalue weighted by Crippen LogP contribution is 2.20. The minimum Gasteiger partial charge on any atom is -0.438 e. The maximum Gasteiger partial charge on any atom is 0.291 e. The van der Waals surface area contributed by atoms with Crippen LogP contribution in [0.15, 0.2) is 17.0 Å². The van der Waals surface area contributed by atoms with Gasteiger partial charge in [0.05, 0.1) is 12.5 Å². The summed E-state index contributed by atoms with van der Waals surface area (Å²) in [4.78, 5) is 20.3. The van der Waals surface area contributed by atoms with E-state index < -0.39 is 10.0 Å². The number of oxazole rings is 1. The van der Waals surface area contributed by atoms with Crippen LogP contribution in [0.3, 0.4) is 0 Å². The smallest absolute Gasteiger partial charge is 0.291 e. The monoisotopic (exact) mass is 384 g/mol. The molecule has 0 aliphatic carbocycles. The van der Waals surface area contributed by atoms with Gasteiger partial charge in [0.1, 0.15) is 0 Å². The number of amides is 1. The van der Waals surface area contributed by atoms with E-state index >= 15 is 0 Å². The first-order valence-electron chi connectivity index (χ1n) is 9.32. The number of hydrogen-bond donors (Lipinski definition) is 0. The molecular formula is C17H28N4O4S. The lowest BCUT2D eigenvalue weighted by molar-refractivity contribution is 0.0616. The van der Waals surface area contributed by atoms with Crippen LogP contribution in [-0.4, -0.2) is 85.0 Å². The molecule has 1 aromatic rings. The number of rotatable bonds is 6. The van der Waals surface area contributed by atoms with E-state index in [9.17, 15) is 13.2 Å². The van der Waals surface area contributed by atoms with Crippen LogP contribution in [0.25, 0.3) is 0 Å². The van der Waals surface area contributed by atoms with Crippen molar-refractivity contribution in [2.24, 2.45) is 0 Å². The van der Waals surface area contributed by atoms with E-state index in [1.165, 1.54) is 38.1 Å². The molecule has 1 aromatic heterocycles. The summed E-state index contributed by atoms with van der Waals surface area (Å²) < 4.78 is 31.5. The van der Waals surface area contributed by atoms with Gasteiger partial charge in [-0.2, -0.15) is 4.31 Å². The molecule has 0 saturated carbocycles. The topological polar surface area (TPSA) is 87.0 Å². The molecule has 146 valence electrons. The predicted molar refractivity (Wildman–Crippen MR) is 97.3 cm³/mol. The molecule has 26 heavy (non-hydrogen) atoms. The van der Waals surface area contributed by atoms with E-state index in [-0.39, 0.29) is 17.7 Å². The Morgan fingerprint density at radius 2 is 2.04 bits per heavy atom. The average Bonchev–Trinajstić information content (AvgIpc) is 3.16. The zero-order chi connectivity index (χ0) is 18.6. The zero-order valence-corrected chi connectivity index (χ0v) is 16.2. The lowest BCUT2D eigenvalue weighted by atomic mass is 10.1. The van der Waals surface area contributed by atoms with Crippen molar-refractivity contribution in [2.45, 2.75) is 38.1 Å². The van der Waals surface area contributed by atoms with Crippen molar-refractivity contribution in [3.63, 3.8) is 0 Å². The molecule has 2 aliphatic heterocycles. The van der Waals surface area contributed by atoms with Crippen LogP contribution in [0, 0.1) is 0 Å². The largest absolute Gasteiger partial charge is 0.438 e. The van der Waals surface area contributed by atoms with Crippen LogP contribution in [0.1, 0.15) is 42.7 Å². The number of aromatic nitrogens is 1. The Hall–Kier alpha value is -1.45. The van der Waals surface area contributed by atoms with Crippen molar-refractivity contribution in [3.05, 3.63) is 18.4 Å². The van der Waals surface area contributed by atoms with Gasteiger partial charge in [-0.3, -0.25) is 4.79 Å². The fourth-order valence-corrected chi connectivity index (χ4v) is 5.02. The summed E-state index contributed by atoms with van der Waals surface area (Å²) in [6.07, 6.45) is 9.07. The first-order valence-corrected chi connectivity index (χ1v) is 11.2.